The number of amides is 1. The Kier molecular flexibility index (Phi) is 7.71. The lowest BCUT2D eigenvalue weighted by atomic mass is 9.98. The summed E-state index contributed by atoms with van der Waals surface area (Å²) in [6, 6.07) is 7.79. The molecule has 0 fully saturated rings. The summed E-state index contributed by atoms with van der Waals surface area (Å²) in [5.74, 6) is -4.31. The van der Waals surface area contributed by atoms with E-state index < -0.39 is 23.5 Å². The molecule has 0 spiro atoms. The first-order valence-electron chi connectivity index (χ1n) is 8.75. The summed E-state index contributed by atoms with van der Waals surface area (Å²) in [7, 11) is 5.82. The lowest BCUT2D eigenvalue weighted by Crippen LogP contribution is -2.71. The maximum absolute atomic E-state index is 13.1. The van der Waals surface area contributed by atoms with Gasteiger partial charge < -0.3 is 29.2 Å². The summed E-state index contributed by atoms with van der Waals surface area (Å²) >= 11 is 0. The minimum Gasteiger partial charge on any atom is -0.361 e. The SMILES string of the molecule is COOC(=O)C(OC)(C(=O)NCCc1c[nH]c2ccccc12)C(OC)(OC)OC. The van der Waals surface area contributed by atoms with Crippen LogP contribution in [0.5, 0.6) is 0 Å². The largest absolute Gasteiger partial charge is 0.392 e. The molecular formula is C19H26N2O8. The molecule has 0 aliphatic rings. The first-order valence-corrected chi connectivity index (χ1v) is 8.75. The number of H-pyrrole nitrogens is 1. The minimum atomic E-state index is -2.46. The number of nitrogens with one attached hydrogen (secondary N) is 2. The number of carbonyl (C=O) groups excluding carboxylic acids is 2. The number of benzene rings is 1. The number of rotatable bonds is 11. The van der Waals surface area contributed by atoms with Gasteiger partial charge in [-0.1, -0.05) is 18.2 Å². The van der Waals surface area contributed by atoms with Crippen LogP contribution in [0.15, 0.2) is 30.5 Å². The van der Waals surface area contributed by atoms with Crippen molar-refractivity contribution in [3.05, 3.63) is 36.0 Å². The second-order valence-corrected chi connectivity index (χ2v) is 5.96. The van der Waals surface area contributed by atoms with E-state index in [1.54, 1.807) is 0 Å². The topological polar surface area (TPSA) is 117 Å². The van der Waals surface area contributed by atoms with Gasteiger partial charge in [-0.25, -0.2) is 4.79 Å². The zero-order chi connectivity index (χ0) is 21.5. The predicted molar refractivity (Wildman–Crippen MR) is 102 cm³/mol. The Morgan fingerprint density at radius 2 is 1.66 bits per heavy atom. The van der Waals surface area contributed by atoms with Crippen LogP contribution >= 0.6 is 0 Å². The smallest absolute Gasteiger partial charge is 0.361 e. The minimum absolute atomic E-state index is 0.194. The maximum Gasteiger partial charge on any atom is 0.392 e. The van der Waals surface area contributed by atoms with Gasteiger partial charge in [0.15, 0.2) is 0 Å². The molecule has 1 atom stereocenters. The third-order valence-electron chi connectivity index (χ3n) is 4.66. The van der Waals surface area contributed by atoms with E-state index >= 15 is 0 Å². The van der Waals surface area contributed by atoms with Crippen molar-refractivity contribution >= 4 is 22.8 Å². The summed E-state index contributed by atoms with van der Waals surface area (Å²) in [6.07, 6.45) is 2.36. The molecule has 0 bridgehead atoms. The molecule has 10 heteroatoms. The lowest BCUT2D eigenvalue weighted by Gasteiger charge is -2.41. The van der Waals surface area contributed by atoms with E-state index in [0.717, 1.165) is 30.7 Å². The Hall–Kier alpha value is -2.50. The molecule has 1 heterocycles. The number of carbonyl (C=O) groups is 2. The average Bonchev–Trinajstić information content (AvgIpc) is 3.15. The van der Waals surface area contributed by atoms with Gasteiger partial charge in [-0.05, 0) is 18.1 Å². The molecule has 10 nitrogen and oxygen atoms in total. The number of aromatic amines is 1. The molecule has 2 aromatic rings. The highest BCUT2D eigenvalue weighted by Gasteiger charge is 2.68. The monoisotopic (exact) mass is 410 g/mol. The van der Waals surface area contributed by atoms with Crippen LogP contribution in [0.1, 0.15) is 5.56 Å². The normalized spacial score (nSPS) is 13.8. The van der Waals surface area contributed by atoms with Gasteiger partial charge in [-0.15, -0.1) is 0 Å². The van der Waals surface area contributed by atoms with Crippen LogP contribution in [-0.4, -0.2) is 70.5 Å². The van der Waals surface area contributed by atoms with E-state index in [4.69, 9.17) is 18.9 Å². The number of fused-ring (bicyclic) bond motifs is 1. The molecular weight excluding hydrogens is 384 g/mol. The Balaban J connectivity index is 2.25. The summed E-state index contributed by atoms with van der Waals surface area (Å²) < 4.78 is 20.9. The first-order chi connectivity index (χ1) is 14.0. The zero-order valence-corrected chi connectivity index (χ0v) is 17.1. The van der Waals surface area contributed by atoms with Crippen molar-refractivity contribution in [2.45, 2.75) is 18.0 Å². The Labute approximate surface area is 168 Å². The molecule has 0 radical (unpaired) electrons. The molecule has 0 saturated heterocycles. The molecule has 1 aromatic heterocycles. The summed E-state index contributed by atoms with van der Waals surface area (Å²) in [4.78, 5) is 37.9. The van der Waals surface area contributed by atoms with E-state index in [-0.39, 0.29) is 6.54 Å². The Morgan fingerprint density at radius 3 is 2.24 bits per heavy atom. The number of para-hydroxylation sites is 1. The van der Waals surface area contributed by atoms with Crippen molar-refractivity contribution in [2.75, 3.05) is 42.1 Å². The van der Waals surface area contributed by atoms with Gasteiger partial charge >= 0.3 is 17.5 Å². The molecule has 1 unspecified atom stereocenters. The van der Waals surface area contributed by atoms with Crippen LogP contribution in [0, 0.1) is 0 Å². The molecule has 1 amide bonds. The highest BCUT2D eigenvalue weighted by Crippen LogP contribution is 2.33. The number of hydrogen-bond acceptors (Lipinski definition) is 8. The van der Waals surface area contributed by atoms with Gasteiger partial charge in [-0.3, -0.25) is 9.68 Å². The van der Waals surface area contributed by atoms with Gasteiger partial charge in [0.2, 0.25) is 0 Å². The third kappa shape index (κ3) is 3.98. The third-order valence-corrected chi connectivity index (χ3v) is 4.66. The van der Waals surface area contributed by atoms with Crippen molar-refractivity contribution in [1.29, 1.82) is 0 Å². The van der Waals surface area contributed by atoms with Crippen molar-refractivity contribution in [2.24, 2.45) is 0 Å². The van der Waals surface area contributed by atoms with Crippen LogP contribution < -0.4 is 5.32 Å². The van der Waals surface area contributed by atoms with E-state index in [2.05, 4.69) is 20.1 Å². The van der Waals surface area contributed by atoms with Crippen LogP contribution in [-0.2, 0) is 44.7 Å². The quantitative estimate of drug-likeness (QED) is 0.243. The molecule has 160 valence electrons. The lowest BCUT2D eigenvalue weighted by molar-refractivity contribution is -0.411. The van der Waals surface area contributed by atoms with Crippen LogP contribution in [0.3, 0.4) is 0 Å². The number of ether oxygens (including phenoxy) is 4. The second kappa shape index (κ2) is 9.81. The summed E-state index contributed by atoms with van der Waals surface area (Å²) in [5, 5.41) is 3.69. The van der Waals surface area contributed by atoms with Crippen molar-refractivity contribution in [3.63, 3.8) is 0 Å². The summed E-state index contributed by atoms with van der Waals surface area (Å²) in [6.45, 7) is 0.194. The van der Waals surface area contributed by atoms with E-state index in [9.17, 15) is 9.59 Å². The molecule has 1 aromatic carbocycles. The standard InChI is InChI=1S/C19H26N2O8/c1-24-18(17(23)29-28-5,19(25-2,26-3)27-4)16(22)20-11-10-13-12-21-15-9-7-6-8-14(13)15/h6-9,12,21H,10-11H2,1-5H3,(H,20,22). The molecule has 29 heavy (non-hydrogen) atoms. The number of hydrogen-bond donors (Lipinski definition) is 2. The summed E-state index contributed by atoms with van der Waals surface area (Å²) in [5.41, 5.74) is -0.470. The van der Waals surface area contributed by atoms with E-state index in [0.29, 0.717) is 6.42 Å². The van der Waals surface area contributed by atoms with Crippen LogP contribution in [0.4, 0.5) is 0 Å². The fourth-order valence-corrected chi connectivity index (χ4v) is 3.25. The van der Waals surface area contributed by atoms with Crippen molar-refractivity contribution in [3.8, 4) is 0 Å². The fraction of sp³-hybridized carbons (Fsp3) is 0.474. The highest BCUT2D eigenvalue weighted by molar-refractivity contribution is 6.07. The van der Waals surface area contributed by atoms with Gasteiger partial charge in [0.25, 0.3) is 5.91 Å². The molecule has 2 N–H and O–H groups in total. The second-order valence-electron chi connectivity index (χ2n) is 5.96. The van der Waals surface area contributed by atoms with Gasteiger partial charge in [0, 0.05) is 52.1 Å². The van der Waals surface area contributed by atoms with Gasteiger partial charge in [0.05, 0.1) is 7.11 Å². The van der Waals surface area contributed by atoms with Crippen LogP contribution in [0.25, 0.3) is 10.9 Å². The average molecular weight is 410 g/mol. The number of aromatic nitrogens is 1. The first kappa shape index (κ1) is 22.8. The van der Waals surface area contributed by atoms with Crippen molar-refractivity contribution < 1.29 is 38.3 Å². The predicted octanol–water partition coefficient (Wildman–Crippen LogP) is 0.909. The molecule has 0 saturated carbocycles. The van der Waals surface area contributed by atoms with E-state index in [1.165, 1.54) is 21.3 Å². The zero-order valence-electron chi connectivity index (χ0n) is 17.1. The van der Waals surface area contributed by atoms with Crippen LogP contribution in [0.2, 0.25) is 0 Å². The number of methoxy groups -OCH3 is 4. The Morgan fingerprint density at radius 1 is 1.00 bits per heavy atom. The van der Waals surface area contributed by atoms with Gasteiger partial charge in [-0.2, -0.15) is 4.89 Å². The fourth-order valence-electron chi connectivity index (χ4n) is 3.25. The van der Waals surface area contributed by atoms with Crippen molar-refractivity contribution in [1.82, 2.24) is 10.3 Å². The molecule has 0 aliphatic carbocycles. The maximum atomic E-state index is 13.1. The highest BCUT2D eigenvalue weighted by atomic mass is 17.2. The van der Waals surface area contributed by atoms with Gasteiger partial charge in [0.1, 0.15) is 0 Å². The Bertz CT molecular complexity index is 824. The molecule has 2 rings (SSSR count). The molecule has 0 aliphatic heterocycles. The van der Waals surface area contributed by atoms with E-state index in [1.807, 2.05) is 30.5 Å².